The van der Waals surface area contributed by atoms with E-state index in [4.69, 9.17) is 10.3 Å². The van der Waals surface area contributed by atoms with Gasteiger partial charge in [-0.25, -0.2) is 0 Å². The minimum atomic E-state index is 0.369. The van der Waals surface area contributed by atoms with Crippen molar-refractivity contribution < 1.29 is 4.52 Å². The van der Waals surface area contributed by atoms with Crippen molar-refractivity contribution in [3.8, 4) is 11.3 Å². The molecule has 0 aliphatic heterocycles. The Balaban J connectivity index is 2.31. The van der Waals surface area contributed by atoms with Crippen LogP contribution in [0.3, 0.4) is 0 Å². The summed E-state index contributed by atoms with van der Waals surface area (Å²) >= 11 is 0. The molecule has 0 aliphatic carbocycles. The van der Waals surface area contributed by atoms with E-state index in [-0.39, 0.29) is 0 Å². The first-order chi connectivity index (χ1) is 8.81. The maximum Gasteiger partial charge on any atom is 0.225 e. The number of nitrogens with zero attached hydrogens (tertiary/aromatic N) is 3. The molecule has 0 atom stereocenters. The average Bonchev–Trinajstić information content (AvgIpc) is 2.79. The molecule has 0 amide bonds. The predicted octanol–water partition coefficient (Wildman–Crippen LogP) is 2.43. The van der Waals surface area contributed by atoms with Crippen LogP contribution in [0.2, 0.25) is 0 Å². The van der Waals surface area contributed by atoms with Crippen LogP contribution < -0.4 is 5.73 Å². The van der Waals surface area contributed by atoms with Crippen LogP contribution in [0.15, 0.2) is 35.1 Å². The number of anilines is 1. The second-order valence-corrected chi connectivity index (χ2v) is 3.96. The Labute approximate surface area is 104 Å². The fourth-order valence-corrected chi connectivity index (χ4v) is 2.06. The second kappa shape index (κ2) is 4.10. The highest BCUT2D eigenvalue weighted by atomic mass is 16.5. The van der Waals surface area contributed by atoms with Crippen molar-refractivity contribution in [3.05, 3.63) is 36.2 Å². The summed E-state index contributed by atoms with van der Waals surface area (Å²) in [6, 6.07) is 5.80. The Bertz CT molecular complexity index is 700. The van der Waals surface area contributed by atoms with Gasteiger partial charge in [0.15, 0.2) is 0 Å². The van der Waals surface area contributed by atoms with E-state index in [0.717, 1.165) is 34.3 Å². The molecule has 0 saturated heterocycles. The van der Waals surface area contributed by atoms with E-state index in [1.54, 1.807) is 12.4 Å². The molecule has 0 unspecified atom stereocenters. The van der Waals surface area contributed by atoms with Gasteiger partial charge in [0.2, 0.25) is 5.88 Å². The Hall–Kier alpha value is -2.43. The normalized spacial score (nSPS) is 10.9. The molecule has 0 saturated carbocycles. The summed E-state index contributed by atoms with van der Waals surface area (Å²) in [5.74, 6) is 0.369. The van der Waals surface area contributed by atoms with Gasteiger partial charge in [0.25, 0.3) is 0 Å². The van der Waals surface area contributed by atoms with Gasteiger partial charge in [-0.05, 0) is 12.5 Å². The van der Waals surface area contributed by atoms with Gasteiger partial charge in [-0.1, -0.05) is 24.2 Å². The second-order valence-electron chi connectivity index (χ2n) is 3.96. The number of para-hydroxylation sites is 1. The summed E-state index contributed by atoms with van der Waals surface area (Å²) in [6.07, 6.45) is 4.10. The Morgan fingerprint density at radius 1 is 1.22 bits per heavy atom. The lowest BCUT2D eigenvalue weighted by atomic mass is 10.0. The summed E-state index contributed by atoms with van der Waals surface area (Å²) in [4.78, 5) is 8.63. The van der Waals surface area contributed by atoms with Crippen LogP contribution in [0.25, 0.3) is 22.3 Å². The van der Waals surface area contributed by atoms with Gasteiger partial charge in [0, 0.05) is 23.5 Å². The van der Waals surface area contributed by atoms with Gasteiger partial charge in [0.05, 0.1) is 11.0 Å². The number of hydrogen-bond acceptors (Lipinski definition) is 5. The standard InChI is InChI=1S/C13H12N4O/c1-2-8-11(17-18-13(8)14)9-4-3-5-10-12(9)16-7-6-15-10/h3-7H,2,14H2,1H3. The fraction of sp³-hybridized carbons (Fsp3) is 0.154. The van der Waals surface area contributed by atoms with Crippen LogP contribution in [-0.2, 0) is 6.42 Å². The zero-order valence-corrected chi connectivity index (χ0v) is 9.92. The minimum absolute atomic E-state index is 0.369. The first-order valence-corrected chi connectivity index (χ1v) is 5.75. The molecule has 90 valence electrons. The van der Waals surface area contributed by atoms with E-state index in [9.17, 15) is 0 Å². The number of hydrogen-bond donors (Lipinski definition) is 1. The number of nitrogen functional groups attached to an aromatic ring is 1. The van der Waals surface area contributed by atoms with E-state index >= 15 is 0 Å². The molecule has 3 aromatic rings. The fourth-order valence-electron chi connectivity index (χ4n) is 2.06. The van der Waals surface area contributed by atoms with E-state index in [2.05, 4.69) is 15.1 Å². The number of aromatic nitrogens is 3. The first-order valence-electron chi connectivity index (χ1n) is 5.75. The van der Waals surface area contributed by atoms with Crippen molar-refractivity contribution in [1.82, 2.24) is 15.1 Å². The molecular formula is C13H12N4O. The van der Waals surface area contributed by atoms with Crippen molar-refractivity contribution >= 4 is 16.9 Å². The lowest BCUT2D eigenvalue weighted by Crippen LogP contribution is -1.92. The molecule has 0 fully saturated rings. The maximum absolute atomic E-state index is 5.77. The molecule has 0 radical (unpaired) electrons. The number of rotatable bonds is 2. The highest BCUT2D eigenvalue weighted by Crippen LogP contribution is 2.31. The molecule has 3 rings (SSSR count). The Morgan fingerprint density at radius 3 is 2.89 bits per heavy atom. The summed E-state index contributed by atoms with van der Waals surface area (Å²) < 4.78 is 5.07. The zero-order chi connectivity index (χ0) is 12.5. The van der Waals surface area contributed by atoms with E-state index in [1.807, 2.05) is 25.1 Å². The monoisotopic (exact) mass is 240 g/mol. The maximum atomic E-state index is 5.77. The van der Waals surface area contributed by atoms with Gasteiger partial charge in [-0.15, -0.1) is 0 Å². The van der Waals surface area contributed by atoms with Gasteiger partial charge in [0.1, 0.15) is 5.69 Å². The smallest absolute Gasteiger partial charge is 0.225 e. The largest absolute Gasteiger partial charge is 0.367 e. The van der Waals surface area contributed by atoms with Crippen LogP contribution in [0.4, 0.5) is 5.88 Å². The predicted molar refractivity (Wildman–Crippen MR) is 68.8 cm³/mol. The Kier molecular flexibility index (Phi) is 2.44. The molecule has 2 heterocycles. The van der Waals surface area contributed by atoms with E-state index in [0.29, 0.717) is 5.88 Å². The SMILES string of the molecule is CCc1c(-c2cccc3nccnc23)noc1N. The lowest BCUT2D eigenvalue weighted by molar-refractivity contribution is 0.438. The van der Waals surface area contributed by atoms with Crippen molar-refractivity contribution in [2.24, 2.45) is 0 Å². The molecule has 0 spiro atoms. The number of nitrogens with two attached hydrogens (primary N) is 1. The third-order valence-corrected chi connectivity index (χ3v) is 2.93. The van der Waals surface area contributed by atoms with Crippen LogP contribution in [0, 0.1) is 0 Å². The summed E-state index contributed by atoms with van der Waals surface area (Å²) in [5, 5.41) is 4.04. The molecule has 2 N–H and O–H groups in total. The van der Waals surface area contributed by atoms with Gasteiger partial charge in [-0.2, -0.15) is 0 Å². The average molecular weight is 240 g/mol. The van der Waals surface area contributed by atoms with Gasteiger partial charge >= 0.3 is 0 Å². The lowest BCUT2D eigenvalue weighted by Gasteiger charge is -2.03. The molecule has 0 aliphatic rings. The van der Waals surface area contributed by atoms with Crippen molar-refractivity contribution in [2.75, 3.05) is 5.73 Å². The molecule has 18 heavy (non-hydrogen) atoms. The third kappa shape index (κ3) is 1.52. The summed E-state index contributed by atoms with van der Waals surface area (Å²) in [7, 11) is 0. The number of fused-ring (bicyclic) bond motifs is 1. The molecule has 5 nitrogen and oxygen atoms in total. The first kappa shape index (κ1) is 10.7. The van der Waals surface area contributed by atoms with Crippen molar-refractivity contribution in [2.45, 2.75) is 13.3 Å². The van der Waals surface area contributed by atoms with Crippen LogP contribution in [0.1, 0.15) is 12.5 Å². The quantitative estimate of drug-likeness (QED) is 0.744. The molecular weight excluding hydrogens is 228 g/mol. The van der Waals surface area contributed by atoms with Crippen LogP contribution in [0.5, 0.6) is 0 Å². The van der Waals surface area contributed by atoms with E-state index < -0.39 is 0 Å². The Morgan fingerprint density at radius 2 is 2.06 bits per heavy atom. The van der Waals surface area contributed by atoms with Crippen molar-refractivity contribution in [3.63, 3.8) is 0 Å². The van der Waals surface area contributed by atoms with Crippen LogP contribution >= 0.6 is 0 Å². The highest BCUT2D eigenvalue weighted by Gasteiger charge is 2.16. The molecule has 0 bridgehead atoms. The van der Waals surface area contributed by atoms with Gasteiger partial charge < -0.3 is 10.3 Å². The van der Waals surface area contributed by atoms with Crippen molar-refractivity contribution in [1.29, 1.82) is 0 Å². The van der Waals surface area contributed by atoms with Crippen LogP contribution in [-0.4, -0.2) is 15.1 Å². The molecule has 2 aromatic heterocycles. The number of benzene rings is 1. The molecule has 5 heteroatoms. The van der Waals surface area contributed by atoms with E-state index in [1.165, 1.54) is 0 Å². The van der Waals surface area contributed by atoms with Gasteiger partial charge in [-0.3, -0.25) is 9.97 Å². The highest BCUT2D eigenvalue weighted by molar-refractivity contribution is 5.91. The topological polar surface area (TPSA) is 77.8 Å². The third-order valence-electron chi connectivity index (χ3n) is 2.93. The minimum Gasteiger partial charge on any atom is -0.367 e. The zero-order valence-electron chi connectivity index (χ0n) is 9.92. The molecule has 1 aromatic carbocycles. The summed E-state index contributed by atoms with van der Waals surface area (Å²) in [5.41, 5.74) is 9.97. The summed E-state index contributed by atoms with van der Waals surface area (Å²) in [6.45, 7) is 2.02.